The van der Waals surface area contributed by atoms with E-state index in [0.29, 0.717) is 18.2 Å². The number of carbonyl (C=O) groups is 1. The Balaban J connectivity index is 1.99. The summed E-state index contributed by atoms with van der Waals surface area (Å²) >= 11 is 5.82. The second-order valence-electron chi connectivity index (χ2n) is 5.00. The van der Waals surface area contributed by atoms with Crippen LogP contribution in [0.4, 0.5) is 0 Å². The summed E-state index contributed by atoms with van der Waals surface area (Å²) in [6.45, 7) is 1.72. The zero-order valence-corrected chi connectivity index (χ0v) is 11.8. The maximum atomic E-state index is 12.2. The van der Waals surface area contributed by atoms with Crippen molar-refractivity contribution in [3.63, 3.8) is 0 Å². The van der Waals surface area contributed by atoms with E-state index in [1.54, 1.807) is 18.0 Å². The molecule has 1 aromatic carbocycles. The number of phenolic OH excluding ortho intramolecular Hbond substituents is 1. The van der Waals surface area contributed by atoms with Gasteiger partial charge in [0.15, 0.2) is 0 Å². The molecule has 2 rings (SSSR count). The molecule has 1 unspecified atom stereocenters. The van der Waals surface area contributed by atoms with Gasteiger partial charge in [-0.15, -0.1) is 0 Å². The Kier molecular flexibility index (Phi) is 4.66. The standard InChI is InChI=1S/C14H19ClN2O2/c1-17(9-11-4-2-3-7-16-11)14(19)10-5-6-13(18)12(15)8-10/h5-6,8,11,16,18H,2-4,7,9H2,1H3. The molecule has 1 aliphatic heterocycles. The largest absolute Gasteiger partial charge is 0.506 e. The molecule has 1 amide bonds. The highest BCUT2D eigenvalue weighted by molar-refractivity contribution is 6.32. The Bertz CT molecular complexity index is 459. The third-order valence-electron chi connectivity index (χ3n) is 3.45. The number of likely N-dealkylation sites (N-methyl/N-ethyl adjacent to an activating group) is 1. The lowest BCUT2D eigenvalue weighted by atomic mass is 10.0. The lowest BCUT2D eigenvalue weighted by Gasteiger charge is -2.28. The molecule has 1 aliphatic rings. The summed E-state index contributed by atoms with van der Waals surface area (Å²) in [5, 5.41) is 13.0. The van der Waals surface area contributed by atoms with Gasteiger partial charge in [0.25, 0.3) is 5.91 Å². The molecule has 2 N–H and O–H groups in total. The molecule has 4 nitrogen and oxygen atoms in total. The third kappa shape index (κ3) is 3.61. The molecule has 0 spiro atoms. The first-order valence-electron chi connectivity index (χ1n) is 6.55. The fourth-order valence-corrected chi connectivity index (χ4v) is 2.53. The van der Waals surface area contributed by atoms with Gasteiger partial charge in [-0.05, 0) is 37.6 Å². The van der Waals surface area contributed by atoms with Gasteiger partial charge >= 0.3 is 0 Å². The van der Waals surface area contributed by atoms with Gasteiger partial charge in [-0.1, -0.05) is 18.0 Å². The maximum Gasteiger partial charge on any atom is 0.253 e. The number of rotatable bonds is 3. The summed E-state index contributed by atoms with van der Waals surface area (Å²) in [5.74, 6) is -0.0795. The molecule has 0 aliphatic carbocycles. The second-order valence-corrected chi connectivity index (χ2v) is 5.41. The van der Waals surface area contributed by atoms with Crippen molar-refractivity contribution in [2.45, 2.75) is 25.3 Å². The van der Waals surface area contributed by atoms with Gasteiger partial charge in [0.2, 0.25) is 0 Å². The number of benzene rings is 1. The predicted octanol–water partition coefficient (Wildman–Crippen LogP) is 2.26. The first kappa shape index (κ1) is 14.2. The Hall–Kier alpha value is -1.26. The Morgan fingerprint density at radius 1 is 1.53 bits per heavy atom. The molecule has 1 aromatic rings. The van der Waals surface area contributed by atoms with E-state index >= 15 is 0 Å². The number of hydrogen-bond acceptors (Lipinski definition) is 3. The van der Waals surface area contributed by atoms with E-state index in [9.17, 15) is 9.90 Å². The number of nitrogens with one attached hydrogen (secondary N) is 1. The molecule has 1 saturated heterocycles. The van der Waals surface area contributed by atoms with E-state index in [-0.39, 0.29) is 16.7 Å². The monoisotopic (exact) mass is 282 g/mol. The summed E-state index contributed by atoms with van der Waals surface area (Å²) in [7, 11) is 1.79. The van der Waals surface area contributed by atoms with Crippen LogP contribution in [0.25, 0.3) is 0 Å². The van der Waals surface area contributed by atoms with Crippen molar-refractivity contribution in [3.05, 3.63) is 28.8 Å². The van der Waals surface area contributed by atoms with Crippen LogP contribution in [0.15, 0.2) is 18.2 Å². The van der Waals surface area contributed by atoms with Crippen LogP contribution in [-0.2, 0) is 0 Å². The number of carbonyl (C=O) groups excluding carboxylic acids is 1. The van der Waals surface area contributed by atoms with Crippen molar-refractivity contribution in [2.24, 2.45) is 0 Å². The lowest BCUT2D eigenvalue weighted by Crippen LogP contribution is -2.44. The Labute approximate surface area is 118 Å². The highest BCUT2D eigenvalue weighted by Gasteiger charge is 2.19. The molecule has 1 fully saturated rings. The molecular formula is C14H19ClN2O2. The van der Waals surface area contributed by atoms with E-state index in [0.717, 1.165) is 13.0 Å². The van der Waals surface area contributed by atoms with E-state index in [2.05, 4.69) is 5.32 Å². The minimum atomic E-state index is -0.0747. The fourth-order valence-electron chi connectivity index (χ4n) is 2.35. The third-order valence-corrected chi connectivity index (χ3v) is 3.75. The minimum absolute atomic E-state index is 0.00480. The molecule has 19 heavy (non-hydrogen) atoms. The van der Waals surface area contributed by atoms with Gasteiger partial charge in [0, 0.05) is 25.2 Å². The van der Waals surface area contributed by atoms with Crippen molar-refractivity contribution in [2.75, 3.05) is 20.1 Å². The molecule has 1 atom stereocenters. The number of phenols is 1. The molecule has 104 valence electrons. The Morgan fingerprint density at radius 3 is 2.95 bits per heavy atom. The van der Waals surface area contributed by atoms with Crippen LogP contribution >= 0.6 is 11.6 Å². The van der Waals surface area contributed by atoms with Gasteiger partial charge in [0.1, 0.15) is 5.75 Å². The highest BCUT2D eigenvalue weighted by atomic mass is 35.5. The zero-order valence-electron chi connectivity index (χ0n) is 11.0. The van der Waals surface area contributed by atoms with Crippen molar-refractivity contribution in [3.8, 4) is 5.75 Å². The average molecular weight is 283 g/mol. The van der Waals surface area contributed by atoms with Crippen LogP contribution in [0, 0.1) is 0 Å². The van der Waals surface area contributed by atoms with Crippen molar-refractivity contribution in [1.82, 2.24) is 10.2 Å². The maximum absolute atomic E-state index is 12.2. The molecule has 0 saturated carbocycles. The van der Waals surface area contributed by atoms with Crippen LogP contribution in [0.2, 0.25) is 5.02 Å². The summed E-state index contributed by atoms with van der Waals surface area (Å²) in [5.41, 5.74) is 0.501. The first-order chi connectivity index (χ1) is 9.08. The normalized spacial score (nSPS) is 19.2. The summed E-state index contributed by atoms with van der Waals surface area (Å²) in [4.78, 5) is 13.9. The average Bonchev–Trinajstić information content (AvgIpc) is 2.42. The Morgan fingerprint density at radius 2 is 2.32 bits per heavy atom. The van der Waals surface area contributed by atoms with Crippen LogP contribution in [-0.4, -0.2) is 42.1 Å². The summed E-state index contributed by atoms with van der Waals surface area (Å²) < 4.78 is 0. The number of aromatic hydroxyl groups is 1. The van der Waals surface area contributed by atoms with Crippen LogP contribution < -0.4 is 5.32 Å². The lowest BCUT2D eigenvalue weighted by molar-refractivity contribution is 0.0775. The first-order valence-corrected chi connectivity index (χ1v) is 6.93. The molecule has 5 heteroatoms. The minimum Gasteiger partial charge on any atom is -0.506 e. The molecule has 0 bridgehead atoms. The summed E-state index contributed by atoms with van der Waals surface area (Å²) in [6.07, 6.45) is 3.53. The van der Waals surface area contributed by atoms with Crippen molar-refractivity contribution < 1.29 is 9.90 Å². The SMILES string of the molecule is CN(CC1CCCCN1)C(=O)c1ccc(O)c(Cl)c1. The fraction of sp³-hybridized carbons (Fsp3) is 0.500. The number of hydrogen-bond donors (Lipinski definition) is 2. The van der Waals surface area contributed by atoms with Crippen LogP contribution in [0.3, 0.4) is 0 Å². The zero-order chi connectivity index (χ0) is 13.8. The number of piperidine rings is 1. The molecule has 0 radical (unpaired) electrons. The second kappa shape index (κ2) is 6.26. The van der Waals surface area contributed by atoms with Crippen molar-refractivity contribution >= 4 is 17.5 Å². The van der Waals surface area contributed by atoms with E-state index < -0.39 is 0 Å². The smallest absolute Gasteiger partial charge is 0.253 e. The molecule has 1 heterocycles. The van der Waals surface area contributed by atoms with Crippen LogP contribution in [0.1, 0.15) is 29.6 Å². The highest BCUT2D eigenvalue weighted by Crippen LogP contribution is 2.24. The van der Waals surface area contributed by atoms with E-state index in [1.807, 2.05) is 0 Å². The quantitative estimate of drug-likeness (QED) is 0.894. The predicted molar refractivity (Wildman–Crippen MR) is 75.7 cm³/mol. The van der Waals surface area contributed by atoms with Crippen LogP contribution in [0.5, 0.6) is 5.75 Å². The number of nitrogens with zero attached hydrogens (tertiary/aromatic N) is 1. The number of halogens is 1. The van der Waals surface area contributed by atoms with Gasteiger partial charge in [0.05, 0.1) is 5.02 Å². The van der Waals surface area contributed by atoms with Gasteiger partial charge in [-0.2, -0.15) is 0 Å². The van der Waals surface area contributed by atoms with E-state index in [4.69, 9.17) is 11.6 Å². The number of amides is 1. The van der Waals surface area contributed by atoms with Gasteiger partial charge < -0.3 is 15.3 Å². The summed E-state index contributed by atoms with van der Waals surface area (Å²) in [6, 6.07) is 4.91. The topological polar surface area (TPSA) is 52.6 Å². The molecule has 0 aromatic heterocycles. The van der Waals surface area contributed by atoms with E-state index in [1.165, 1.54) is 25.0 Å². The van der Waals surface area contributed by atoms with Gasteiger partial charge in [-0.25, -0.2) is 0 Å². The van der Waals surface area contributed by atoms with Gasteiger partial charge in [-0.3, -0.25) is 4.79 Å². The molecular weight excluding hydrogens is 264 g/mol. The van der Waals surface area contributed by atoms with Crippen molar-refractivity contribution in [1.29, 1.82) is 0 Å².